The minimum atomic E-state index is -0.426. The van der Waals surface area contributed by atoms with Crippen molar-refractivity contribution in [3.8, 4) is 11.5 Å². The summed E-state index contributed by atoms with van der Waals surface area (Å²) in [7, 11) is 0. The van der Waals surface area contributed by atoms with Gasteiger partial charge < -0.3 is 10.1 Å². The van der Waals surface area contributed by atoms with Gasteiger partial charge in [-0.1, -0.05) is 19.1 Å². The number of hydrogen-bond acceptors (Lipinski definition) is 4. The van der Waals surface area contributed by atoms with Crippen LogP contribution in [0.1, 0.15) is 18.1 Å². The van der Waals surface area contributed by atoms with Gasteiger partial charge in [-0.2, -0.15) is 0 Å². The molecule has 0 saturated carbocycles. The van der Waals surface area contributed by atoms with Crippen molar-refractivity contribution in [3.05, 3.63) is 63.7 Å². The summed E-state index contributed by atoms with van der Waals surface area (Å²) in [5.74, 6) is 1.34. The molecule has 0 amide bonds. The molecule has 5 nitrogen and oxygen atoms in total. The smallest absolute Gasteiger partial charge is 0.269 e. The Morgan fingerprint density at radius 1 is 1.19 bits per heavy atom. The highest BCUT2D eigenvalue weighted by Crippen LogP contribution is 2.27. The average Bonchev–Trinajstić information content (AvgIpc) is 2.48. The molecule has 0 unspecified atom stereocenters. The normalized spacial score (nSPS) is 10.4. The fourth-order valence-corrected chi connectivity index (χ4v) is 1.97. The molecule has 2 aromatic carbocycles. The molecule has 0 saturated heterocycles. The zero-order valence-electron chi connectivity index (χ0n) is 12.1. The number of aryl methyl sites for hydroxylation is 1. The SMILES string of the molecule is CCNCc1ccc(Oc2ccc([N+](=O)[O-])cc2)c(C)c1. The Labute approximate surface area is 123 Å². The van der Waals surface area contributed by atoms with E-state index >= 15 is 0 Å². The molecule has 0 fully saturated rings. The zero-order valence-corrected chi connectivity index (χ0v) is 12.1. The summed E-state index contributed by atoms with van der Waals surface area (Å²) in [5.41, 5.74) is 2.29. The second-order valence-electron chi connectivity index (χ2n) is 4.73. The highest BCUT2D eigenvalue weighted by molar-refractivity contribution is 5.42. The third-order valence-corrected chi connectivity index (χ3v) is 3.09. The standard InChI is InChI=1S/C16H18N2O3/c1-3-17-11-13-4-9-16(12(2)10-13)21-15-7-5-14(6-8-15)18(19)20/h4-10,17H,3,11H2,1-2H3. The average molecular weight is 286 g/mol. The summed E-state index contributed by atoms with van der Waals surface area (Å²) in [6, 6.07) is 12.1. The van der Waals surface area contributed by atoms with Crippen LogP contribution in [0.3, 0.4) is 0 Å². The van der Waals surface area contributed by atoms with Crippen molar-refractivity contribution in [1.82, 2.24) is 5.32 Å². The van der Waals surface area contributed by atoms with Gasteiger partial charge in [0.05, 0.1) is 4.92 Å². The Kier molecular flexibility index (Phi) is 4.90. The third-order valence-electron chi connectivity index (χ3n) is 3.09. The molecule has 0 spiro atoms. The number of benzene rings is 2. The first-order chi connectivity index (χ1) is 10.1. The lowest BCUT2D eigenvalue weighted by atomic mass is 10.1. The highest BCUT2D eigenvalue weighted by Gasteiger charge is 2.06. The van der Waals surface area contributed by atoms with Gasteiger partial charge in [-0.3, -0.25) is 10.1 Å². The van der Waals surface area contributed by atoms with Gasteiger partial charge in [0, 0.05) is 18.7 Å². The Balaban J connectivity index is 2.10. The molecule has 0 aliphatic heterocycles. The minimum absolute atomic E-state index is 0.0556. The Morgan fingerprint density at radius 3 is 2.48 bits per heavy atom. The van der Waals surface area contributed by atoms with Gasteiger partial charge in [0.1, 0.15) is 11.5 Å². The molecule has 0 bridgehead atoms. The lowest BCUT2D eigenvalue weighted by Crippen LogP contribution is -2.11. The van der Waals surface area contributed by atoms with Gasteiger partial charge in [-0.15, -0.1) is 0 Å². The van der Waals surface area contributed by atoms with Crippen LogP contribution in [0.25, 0.3) is 0 Å². The van der Waals surface area contributed by atoms with E-state index in [-0.39, 0.29) is 5.69 Å². The molecule has 110 valence electrons. The summed E-state index contributed by atoms with van der Waals surface area (Å²) >= 11 is 0. The van der Waals surface area contributed by atoms with E-state index in [9.17, 15) is 10.1 Å². The maximum atomic E-state index is 10.6. The van der Waals surface area contributed by atoms with Gasteiger partial charge in [0.25, 0.3) is 5.69 Å². The van der Waals surface area contributed by atoms with Crippen LogP contribution in [0.5, 0.6) is 11.5 Å². The van der Waals surface area contributed by atoms with Crippen LogP contribution in [-0.4, -0.2) is 11.5 Å². The van der Waals surface area contributed by atoms with E-state index < -0.39 is 4.92 Å². The fraction of sp³-hybridized carbons (Fsp3) is 0.250. The van der Waals surface area contributed by atoms with Crippen molar-refractivity contribution in [2.75, 3.05) is 6.54 Å². The number of nitro benzene ring substituents is 1. The van der Waals surface area contributed by atoms with Crippen molar-refractivity contribution < 1.29 is 9.66 Å². The molecule has 1 N–H and O–H groups in total. The molecule has 2 rings (SSSR count). The predicted octanol–water partition coefficient (Wildman–Crippen LogP) is 3.81. The van der Waals surface area contributed by atoms with Gasteiger partial charge in [-0.05, 0) is 42.8 Å². The van der Waals surface area contributed by atoms with Gasteiger partial charge in [0.15, 0.2) is 0 Å². The van der Waals surface area contributed by atoms with E-state index in [4.69, 9.17) is 4.74 Å². The number of nitro groups is 1. The maximum absolute atomic E-state index is 10.6. The van der Waals surface area contributed by atoms with E-state index in [1.165, 1.54) is 17.7 Å². The lowest BCUT2D eigenvalue weighted by molar-refractivity contribution is -0.384. The van der Waals surface area contributed by atoms with Gasteiger partial charge >= 0.3 is 0 Å². The van der Waals surface area contributed by atoms with Crippen molar-refractivity contribution in [2.45, 2.75) is 20.4 Å². The second kappa shape index (κ2) is 6.85. The van der Waals surface area contributed by atoms with Crippen molar-refractivity contribution in [2.24, 2.45) is 0 Å². The Morgan fingerprint density at radius 2 is 1.90 bits per heavy atom. The summed E-state index contributed by atoms with van der Waals surface area (Å²) in [5, 5.41) is 13.9. The molecule has 21 heavy (non-hydrogen) atoms. The first kappa shape index (κ1) is 15.0. The van der Waals surface area contributed by atoms with E-state index in [0.29, 0.717) is 5.75 Å². The van der Waals surface area contributed by atoms with Crippen LogP contribution in [0.15, 0.2) is 42.5 Å². The van der Waals surface area contributed by atoms with Crippen LogP contribution in [0, 0.1) is 17.0 Å². The quantitative estimate of drug-likeness (QED) is 0.648. The van der Waals surface area contributed by atoms with E-state index in [0.717, 1.165) is 24.4 Å². The summed E-state index contributed by atoms with van der Waals surface area (Å²) in [6.07, 6.45) is 0. The molecule has 0 aromatic heterocycles. The monoisotopic (exact) mass is 286 g/mol. The number of non-ortho nitro benzene ring substituents is 1. The van der Waals surface area contributed by atoms with Crippen molar-refractivity contribution >= 4 is 5.69 Å². The van der Waals surface area contributed by atoms with E-state index in [2.05, 4.69) is 18.3 Å². The predicted molar refractivity (Wildman–Crippen MR) is 81.7 cm³/mol. The van der Waals surface area contributed by atoms with E-state index in [1.807, 2.05) is 19.1 Å². The zero-order chi connectivity index (χ0) is 15.2. The van der Waals surface area contributed by atoms with Crippen molar-refractivity contribution in [1.29, 1.82) is 0 Å². The fourth-order valence-electron chi connectivity index (χ4n) is 1.97. The molecule has 0 aliphatic carbocycles. The van der Waals surface area contributed by atoms with Crippen LogP contribution in [0.4, 0.5) is 5.69 Å². The topological polar surface area (TPSA) is 64.4 Å². The minimum Gasteiger partial charge on any atom is -0.457 e. The molecule has 0 radical (unpaired) electrons. The summed E-state index contributed by atoms with van der Waals surface area (Å²) in [4.78, 5) is 10.2. The highest BCUT2D eigenvalue weighted by atomic mass is 16.6. The molecule has 2 aromatic rings. The van der Waals surface area contributed by atoms with Crippen LogP contribution in [-0.2, 0) is 6.54 Å². The van der Waals surface area contributed by atoms with Crippen molar-refractivity contribution in [3.63, 3.8) is 0 Å². The second-order valence-corrected chi connectivity index (χ2v) is 4.73. The third kappa shape index (κ3) is 4.03. The van der Waals surface area contributed by atoms with Crippen LogP contribution in [0.2, 0.25) is 0 Å². The Bertz CT molecular complexity index is 624. The van der Waals surface area contributed by atoms with Gasteiger partial charge in [-0.25, -0.2) is 0 Å². The molecule has 0 aliphatic rings. The number of nitrogens with zero attached hydrogens (tertiary/aromatic N) is 1. The first-order valence-electron chi connectivity index (χ1n) is 6.82. The Hall–Kier alpha value is -2.40. The van der Waals surface area contributed by atoms with Gasteiger partial charge in [0.2, 0.25) is 0 Å². The number of hydrogen-bond donors (Lipinski definition) is 1. The molecule has 5 heteroatoms. The molecular weight excluding hydrogens is 268 g/mol. The first-order valence-corrected chi connectivity index (χ1v) is 6.82. The lowest BCUT2D eigenvalue weighted by Gasteiger charge is -2.10. The maximum Gasteiger partial charge on any atom is 0.269 e. The van der Waals surface area contributed by atoms with E-state index in [1.54, 1.807) is 12.1 Å². The number of nitrogens with one attached hydrogen (secondary N) is 1. The molecule has 0 heterocycles. The molecule has 0 atom stereocenters. The van der Waals surface area contributed by atoms with Crippen LogP contribution >= 0.6 is 0 Å². The largest absolute Gasteiger partial charge is 0.457 e. The number of ether oxygens (including phenoxy) is 1. The summed E-state index contributed by atoms with van der Waals surface area (Å²) in [6.45, 7) is 5.81. The number of rotatable bonds is 6. The molecular formula is C16H18N2O3. The van der Waals surface area contributed by atoms with Crippen LogP contribution < -0.4 is 10.1 Å². The summed E-state index contributed by atoms with van der Waals surface area (Å²) < 4.78 is 5.76.